The maximum atomic E-state index is 13.9. The van der Waals surface area contributed by atoms with Crippen molar-refractivity contribution in [1.82, 2.24) is 5.43 Å². The van der Waals surface area contributed by atoms with Crippen molar-refractivity contribution in [2.45, 2.75) is 40.2 Å². The molecule has 1 unspecified atom stereocenters. The third kappa shape index (κ3) is 2.46. The van der Waals surface area contributed by atoms with E-state index < -0.39 is 0 Å². The largest absolute Gasteiger partial charge is 0.271 e. The van der Waals surface area contributed by atoms with E-state index in [0.717, 1.165) is 4.47 Å². The lowest BCUT2D eigenvalue weighted by molar-refractivity contribution is 0.397. The van der Waals surface area contributed by atoms with E-state index in [9.17, 15) is 4.39 Å². The fourth-order valence-corrected chi connectivity index (χ4v) is 3.78. The molecule has 3 N–H and O–H groups in total. The molecular formula is C15H22BrFN2. The monoisotopic (exact) mass is 328 g/mol. The Labute approximate surface area is 123 Å². The predicted molar refractivity (Wildman–Crippen MR) is 80.0 cm³/mol. The molecule has 0 aromatic heterocycles. The standard InChI is InChI=1S/C15H22BrFN2/c1-14(2)13(15(14,3)4)12(19-18)7-9-5-6-10(16)8-11(9)17/h5-6,8,12-13,19H,7,18H2,1-4H3. The number of hydrogen-bond donors (Lipinski definition) is 2. The van der Waals surface area contributed by atoms with E-state index in [-0.39, 0.29) is 22.7 Å². The Hall–Kier alpha value is -0.450. The highest BCUT2D eigenvalue weighted by molar-refractivity contribution is 9.10. The molecule has 1 aromatic rings. The van der Waals surface area contributed by atoms with Gasteiger partial charge in [-0.3, -0.25) is 11.3 Å². The molecule has 0 spiro atoms. The molecule has 4 heteroatoms. The SMILES string of the molecule is CC1(C)C(C(Cc2ccc(Br)cc2F)NN)C1(C)C. The van der Waals surface area contributed by atoms with Crippen LogP contribution in [0.25, 0.3) is 0 Å². The number of halogens is 2. The van der Waals surface area contributed by atoms with Crippen LogP contribution in [0.1, 0.15) is 33.3 Å². The Morgan fingerprint density at radius 1 is 1.32 bits per heavy atom. The Morgan fingerprint density at radius 3 is 2.32 bits per heavy atom. The second-order valence-electron chi connectivity index (χ2n) is 6.63. The zero-order valence-corrected chi connectivity index (χ0v) is 13.5. The first-order valence-electron chi connectivity index (χ1n) is 6.62. The van der Waals surface area contributed by atoms with Crippen molar-refractivity contribution in [3.8, 4) is 0 Å². The molecule has 1 saturated carbocycles. The van der Waals surface area contributed by atoms with Gasteiger partial charge < -0.3 is 0 Å². The van der Waals surface area contributed by atoms with Gasteiger partial charge in [0.05, 0.1) is 0 Å². The topological polar surface area (TPSA) is 38.0 Å². The molecule has 1 fully saturated rings. The lowest BCUT2D eigenvalue weighted by Gasteiger charge is -2.18. The van der Waals surface area contributed by atoms with Gasteiger partial charge >= 0.3 is 0 Å². The molecule has 1 aromatic carbocycles. The Bertz CT molecular complexity index is 471. The van der Waals surface area contributed by atoms with Gasteiger partial charge in [-0.25, -0.2) is 4.39 Å². The van der Waals surface area contributed by atoms with Crippen LogP contribution in [0.2, 0.25) is 0 Å². The molecule has 1 aliphatic carbocycles. The highest BCUT2D eigenvalue weighted by atomic mass is 79.9. The van der Waals surface area contributed by atoms with Crippen molar-refractivity contribution >= 4 is 15.9 Å². The van der Waals surface area contributed by atoms with E-state index in [1.807, 2.05) is 12.1 Å². The smallest absolute Gasteiger partial charge is 0.127 e. The molecule has 2 nitrogen and oxygen atoms in total. The number of nitrogens with one attached hydrogen (secondary N) is 1. The average molecular weight is 329 g/mol. The van der Waals surface area contributed by atoms with E-state index >= 15 is 0 Å². The van der Waals surface area contributed by atoms with Crippen molar-refractivity contribution in [2.75, 3.05) is 0 Å². The first kappa shape index (κ1) is 14.9. The number of hydrogen-bond acceptors (Lipinski definition) is 2. The zero-order chi connectivity index (χ0) is 14.4. The van der Waals surface area contributed by atoms with Crippen LogP contribution < -0.4 is 11.3 Å². The van der Waals surface area contributed by atoms with Crippen LogP contribution in [0, 0.1) is 22.6 Å². The van der Waals surface area contributed by atoms with Crippen LogP contribution in [0.4, 0.5) is 4.39 Å². The molecule has 106 valence electrons. The van der Waals surface area contributed by atoms with Crippen LogP contribution in [0.15, 0.2) is 22.7 Å². The average Bonchev–Trinajstić information content (AvgIpc) is 2.70. The van der Waals surface area contributed by atoms with Crippen LogP contribution in [0.3, 0.4) is 0 Å². The van der Waals surface area contributed by atoms with Gasteiger partial charge in [-0.1, -0.05) is 49.7 Å². The second-order valence-corrected chi connectivity index (χ2v) is 7.55. The van der Waals surface area contributed by atoms with E-state index in [1.165, 1.54) is 6.07 Å². The van der Waals surface area contributed by atoms with E-state index in [0.29, 0.717) is 17.9 Å². The lowest BCUT2D eigenvalue weighted by atomic mass is 9.97. The van der Waals surface area contributed by atoms with Gasteiger partial charge in [0.1, 0.15) is 5.82 Å². The maximum Gasteiger partial charge on any atom is 0.127 e. The van der Waals surface area contributed by atoms with Crippen molar-refractivity contribution in [3.63, 3.8) is 0 Å². The highest BCUT2D eigenvalue weighted by Crippen LogP contribution is 2.69. The van der Waals surface area contributed by atoms with Crippen molar-refractivity contribution in [2.24, 2.45) is 22.6 Å². The van der Waals surface area contributed by atoms with Gasteiger partial charge in [0.15, 0.2) is 0 Å². The summed E-state index contributed by atoms with van der Waals surface area (Å²) in [5, 5.41) is 0. The second kappa shape index (κ2) is 4.83. The summed E-state index contributed by atoms with van der Waals surface area (Å²) in [6.07, 6.45) is 0.618. The number of rotatable bonds is 4. The van der Waals surface area contributed by atoms with Crippen molar-refractivity contribution in [1.29, 1.82) is 0 Å². The van der Waals surface area contributed by atoms with Crippen LogP contribution in [-0.4, -0.2) is 6.04 Å². The normalized spacial score (nSPS) is 22.3. The molecule has 0 amide bonds. The quantitative estimate of drug-likeness (QED) is 0.654. The minimum absolute atomic E-state index is 0.0978. The molecule has 0 radical (unpaired) electrons. The summed E-state index contributed by atoms with van der Waals surface area (Å²) in [6.45, 7) is 9.00. The van der Waals surface area contributed by atoms with E-state index in [2.05, 4.69) is 49.1 Å². The molecule has 19 heavy (non-hydrogen) atoms. The molecule has 1 aliphatic rings. The van der Waals surface area contributed by atoms with E-state index in [4.69, 9.17) is 5.84 Å². The molecule has 0 bridgehead atoms. The first-order valence-corrected chi connectivity index (χ1v) is 7.41. The number of nitrogens with two attached hydrogens (primary N) is 1. The zero-order valence-electron chi connectivity index (χ0n) is 11.9. The Kier molecular flexibility index (Phi) is 3.80. The molecule has 0 aliphatic heterocycles. The fraction of sp³-hybridized carbons (Fsp3) is 0.600. The third-order valence-electron chi connectivity index (χ3n) is 5.20. The Balaban J connectivity index is 2.17. The first-order chi connectivity index (χ1) is 8.71. The van der Waals surface area contributed by atoms with Crippen molar-refractivity contribution < 1.29 is 4.39 Å². The predicted octanol–water partition coefficient (Wildman–Crippen LogP) is 3.64. The van der Waals surface area contributed by atoms with Gasteiger partial charge in [0, 0.05) is 10.5 Å². The summed E-state index contributed by atoms with van der Waals surface area (Å²) in [6, 6.07) is 5.30. The summed E-state index contributed by atoms with van der Waals surface area (Å²) in [4.78, 5) is 0. The summed E-state index contributed by atoms with van der Waals surface area (Å²) in [5.74, 6) is 5.98. The van der Waals surface area contributed by atoms with Gasteiger partial charge in [-0.2, -0.15) is 0 Å². The minimum atomic E-state index is -0.175. The molecule has 1 atom stereocenters. The number of hydrazine groups is 1. The molecule has 2 rings (SSSR count). The lowest BCUT2D eigenvalue weighted by Crippen LogP contribution is -2.40. The van der Waals surface area contributed by atoms with E-state index in [1.54, 1.807) is 0 Å². The minimum Gasteiger partial charge on any atom is -0.271 e. The molecule has 0 saturated heterocycles. The fourth-order valence-electron chi connectivity index (χ4n) is 3.45. The van der Waals surface area contributed by atoms with Crippen LogP contribution >= 0.6 is 15.9 Å². The molecular weight excluding hydrogens is 307 g/mol. The van der Waals surface area contributed by atoms with Gasteiger partial charge in [0.25, 0.3) is 0 Å². The van der Waals surface area contributed by atoms with Crippen LogP contribution in [0.5, 0.6) is 0 Å². The summed E-state index contributed by atoms with van der Waals surface area (Å²) < 4.78 is 14.7. The number of benzene rings is 1. The van der Waals surface area contributed by atoms with Crippen molar-refractivity contribution in [3.05, 3.63) is 34.1 Å². The Morgan fingerprint density at radius 2 is 1.89 bits per heavy atom. The summed E-state index contributed by atoms with van der Waals surface area (Å²) >= 11 is 3.28. The maximum absolute atomic E-state index is 13.9. The van der Waals surface area contributed by atoms with Gasteiger partial charge in [-0.15, -0.1) is 0 Å². The highest BCUT2D eigenvalue weighted by Gasteiger charge is 2.66. The molecule has 0 heterocycles. The van der Waals surface area contributed by atoms with Crippen LogP contribution in [-0.2, 0) is 6.42 Å². The van der Waals surface area contributed by atoms with Gasteiger partial charge in [0.2, 0.25) is 0 Å². The summed E-state index contributed by atoms with van der Waals surface area (Å²) in [5.41, 5.74) is 4.06. The summed E-state index contributed by atoms with van der Waals surface area (Å²) in [7, 11) is 0. The van der Waals surface area contributed by atoms with Gasteiger partial charge in [-0.05, 0) is 40.9 Å². The third-order valence-corrected chi connectivity index (χ3v) is 5.70.